The molecule has 17 heavy (non-hydrogen) atoms. The number of pyridine rings is 1. The van der Waals surface area contributed by atoms with Gasteiger partial charge in [-0.3, -0.25) is 4.57 Å². The van der Waals surface area contributed by atoms with Gasteiger partial charge >= 0.3 is 0 Å². The van der Waals surface area contributed by atoms with Crippen molar-refractivity contribution in [1.29, 1.82) is 0 Å². The molecule has 86 valence electrons. The molecule has 0 bridgehead atoms. The Balaban J connectivity index is 2.16. The standard InChI is InChI=1S/C10H7ClN4OS/c11-6-3-8-9(12-4-6)15(10(17)13-8)5-7-1-2-16-14-7/h1-4H,5H2,(H,13,17). The molecule has 3 aromatic rings. The molecule has 3 aromatic heterocycles. The van der Waals surface area contributed by atoms with Gasteiger partial charge in [-0.2, -0.15) is 0 Å². The Hall–Kier alpha value is -1.66. The van der Waals surface area contributed by atoms with Crippen LogP contribution in [0.15, 0.2) is 29.1 Å². The van der Waals surface area contributed by atoms with Crippen LogP contribution in [0.3, 0.4) is 0 Å². The zero-order valence-electron chi connectivity index (χ0n) is 8.55. The van der Waals surface area contributed by atoms with Crippen LogP contribution in [0.4, 0.5) is 0 Å². The lowest BCUT2D eigenvalue weighted by atomic mass is 10.4. The lowest BCUT2D eigenvalue weighted by Crippen LogP contribution is -2.00. The maximum absolute atomic E-state index is 5.87. The molecule has 0 saturated carbocycles. The van der Waals surface area contributed by atoms with Gasteiger partial charge in [-0.1, -0.05) is 16.8 Å². The largest absolute Gasteiger partial charge is 0.364 e. The number of H-pyrrole nitrogens is 1. The average molecular weight is 267 g/mol. The van der Waals surface area contributed by atoms with Crippen LogP contribution in [-0.4, -0.2) is 19.7 Å². The first-order chi connectivity index (χ1) is 8.24. The summed E-state index contributed by atoms with van der Waals surface area (Å²) >= 11 is 11.1. The van der Waals surface area contributed by atoms with Gasteiger partial charge in [-0.05, 0) is 18.3 Å². The molecular weight excluding hydrogens is 260 g/mol. The fourth-order valence-electron chi connectivity index (χ4n) is 1.65. The molecule has 3 heterocycles. The summed E-state index contributed by atoms with van der Waals surface area (Å²) in [5, 5.41) is 4.42. The van der Waals surface area contributed by atoms with Gasteiger partial charge in [0.15, 0.2) is 10.4 Å². The predicted molar refractivity (Wildman–Crippen MR) is 65.5 cm³/mol. The van der Waals surface area contributed by atoms with Crippen molar-refractivity contribution in [1.82, 2.24) is 19.7 Å². The van der Waals surface area contributed by atoms with E-state index in [0.717, 1.165) is 16.9 Å². The van der Waals surface area contributed by atoms with Crippen LogP contribution < -0.4 is 0 Å². The fourth-order valence-corrected chi connectivity index (χ4v) is 2.06. The first-order valence-corrected chi connectivity index (χ1v) is 5.66. The van der Waals surface area contributed by atoms with E-state index in [1.54, 1.807) is 18.3 Å². The van der Waals surface area contributed by atoms with E-state index in [0.29, 0.717) is 16.3 Å². The molecule has 0 amide bonds. The molecule has 0 spiro atoms. The number of halogens is 1. The molecule has 0 aliphatic rings. The summed E-state index contributed by atoms with van der Waals surface area (Å²) in [6.07, 6.45) is 3.11. The molecule has 7 heteroatoms. The molecule has 0 aliphatic carbocycles. The van der Waals surface area contributed by atoms with Crippen molar-refractivity contribution >= 4 is 35.0 Å². The molecule has 3 rings (SSSR count). The molecule has 0 radical (unpaired) electrons. The summed E-state index contributed by atoms with van der Waals surface area (Å²) in [6.45, 7) is 0.518. The zero-order valence-corrected chi connectivity index (χ0v) is 10.1. The van der Waals surface area contributed by atoms with Crippen LogP contribution in [0.5, 0.6) is 0 Å². The lowest BCUT2D eigenvalue weighted by Gasteiger charge is -1.99. The number of imidazole rings is 1. The Morgan fingerprint density at radius 3 is 3.18 bits per heavy atom. The Morgan fingerprint density at radius 1 is 1.53 bits per heavy atom. The Bertz CT molecular complexity index is 716. The minimum absolute atomic E-state index is 0.518. The SMILES string of the molecule is S=c1[nH]c2cc(Cl)cnc2n1Cc1ccon1. The number of aromatic amines is 1. The van der Waals surface area contributed by atoms with Gasteiger partial charge in [0.1, 0.15) is 12.0 Å². The number of fused-ring (bicyclic) bond motifs is 1. The molecule has 0 fully saturated rings. The summed E-state index contributed by atoms with van der Waals surface area (Å²) in [5.74, 6) is 0. The summed E-state index contributed by atoms with van der Waals surface area (Å²) < 4.78 is 7.21. The number of nitrogens with zero attached hydrogens (tertiary/aromatic N) is 3. The van der Waals surface area contributed by atoms with E-state index in [4.69, 9.17) is 28.3 Å². The van der Waals surface area contributed by atoms with Crippen molar-refractivity contribution in [3.8, 4) is 0 Å². The number of rotatable bonds is 2. The summed E-state index contributed by atoms with van der Waals surface area (Å²) in [6, 6.07) is 3.58. The Labute approximate surface area is 106 Å². The topological polar surface area (TPSA) is 59.6 Å². The normalized spacial score (nSPS) is 11.1. The molecule has 1 N–H and O–H groups in total. The van der Waals surface area contributed by atoms with Gasteiger partial charge in [-0.25, -0.2) is 4.98 Å². The van der Waals surface area contributed by atoms with E-state index in [1.807, 2.05) is 4.57 Å². The highest BCUT2D eigenvalue weighted by atomic mass is 35.5. The van der Waals surface area contributed by atoms with E-state index >= 15 is 0 Å². The van der Waals surface area contributed by atoms with Crippen LogP contribution in [0.25, 0.3) is 11.2 Å². The van der Waals surface area contributed by atoms with E-state index in [-0.39, 0.29) is 0 Å². The Kier molecular flexibility index (Phi) is 2.45. The molecule has 0 atom stereocenters. The smallest absolute Gasteiger partial charge is 0.179 e. The molecular formula is C10H7ClN4OS. The third-order valence-corrected chi connectivity index (χ3v) is 2.92. The highest BCUT2D eigenvalue weighted by Crippen LogP contribution is 2.17. The molecule has 0 saturated heterocycles. The fraction of sp³-hybridized carbons (Fsp3) is 0.100. The van der Waals surface area contributed by atoms with Gasteiger partial charge in [0.2, 0.25) is 0 Å². The van der Waals surface area contributed by atoms with Gasteiger partial charge < -0.3 is 9.51 Å². The second kappa shape index (κ2) is 3.97. The second-order valence-corrected chi connectivity index (χ2v) is 4.35. The third kappa shape index (κ3) is 1.85. The number of hydrogen-bond donors (Lipinski definition) is 1. The van der Waals surface area contributed by atoms with Crippen molar-refractivity contribution in [3.63, 3.8) is 0 Å². The Morgan fingerprint density at radius 2 is 2.41 bits per heavy atom. The van der Waals surface area contributed by atoms with Crippen molar-refractivity contribution in [2.45, 2.75) is 6.54 Å². The first-order valence-electron chi connectivity index (χ1n) is 4.87. The van der Waals surface area contributed by atoms with Gasteiger partial charge in [0, 0.05) is 12.3 Å². The molecule has 0 aromatic carbocycles. The second-order valence-electron chi connectivity index (χ2n) is 3.53. The number of hydrogen-bond acceptors (Lipinski definition) is 4. The number of nitrogens with one attached hydrogen (secondary N) is 1. The van der Waals surface area contributed by atoms with Crippen LogP contribution in [0.1, 0.15) is 5.69 Å². The van der Waals surface area contributed by atoms with Crippen molar-refractivity contribution in [2.24, 2.45) is 0 Å². The van der Waals surface area contributed by atoms with E-state index in [1.165, 1.54) is 6.26 Å². The van der Waals surface area contributed by atoms with Crippen molar-refractivity contribution < 1.29 is 4.52 Å². The third-order valence-electron chi connectivity index (χ3n) is 2.39. The van der Waals surface area contributed by atoms with E-state index < -0.39 is 0 Å². The summed E-state index contributed by atoms with van der Waals surface area (Å²) in [4.78, 5) is 7.31. The zero-order chi connectivity index (χ0) is 11.8. The lowest BCUT2D eigenvalue weighted by molar-refractivity contribution is 0.410. The monoisotopic (exact) mass is 266 g/mol. The molecule has 5 nitrogen and oxygen atoms in total. The van der Waals surface area contributed by atoms with Crippen LogP contribution in [0.2, 0.25) is 5.02 Å². The first kappa shape index (κ1) is 10.5. The summed E-state index contributed by atoms with van der Waals surface area (Å²) in [7, 11) is 0. The number of aromatic nitrogens is 4. The van der Waals surface area contributed by atoms with Gasteiger partial charge in [-0.15, -0.1) is 0 Å². The van der Waals surface area contributed by atoms with Crippen LogP contribution in [-0.2, 0) is 6.54 Å². The maximum Gasteiger partial charge on any atom is 0.179 e. The van der Waals surface area contributed by atoms with Crippen molar-refractivity contribution in [3.05, 3.63) is 40.1 Å². The predicted octanol–water partition coefficient (Wildman–Crippen LogP) is 2.78. The van der Waals surface area contributed by atoms with Gasteiger partial charge in [0.25, 0.3) is 0 Å². The average Bonchev–Trinajstić information content (AvgIpc) is 2.88. The highest BCUT2D eigenvalue weighted by Gasteiger charge is 2.08. The summed E-state index contributed by atoms with van der Waals surface area (Å²) in [5.41, 5.74) is 2.35. The molecule has 0 aliphatic heterocycles. The van der Waals surface area contributed by atoms with Crippen molar-refractivity contribution in [2.75, 3.05) is 0 Å². The van der Waals surface area contributed by atoms with Crippen LogP contribution >= 0.6 is 23.8 Å². The van der Waals surface area contributed by atoms with Gasteiger partial charge in [0.05, 0.1) is 17.1 Å². The highest BCUT2D eigenvalue weighted by molar-refractivity contribution is 7.71. The van der Waals surface area contributed by atoms with Crippen LogP contribution in [0, 0.1) is 4.77 Å². The quantitative estimate of drug-likeness (QED) is 0.725. The van der Waals surface area contributed by atoms with E-state index in [9.17, 15) is 0 Å². The minimum atomic E-state index is 0.518. The molecule has 0 unspecified atom stereocenters. The van der Waals surface area contributed by atoms with E-state index in [2.05, 4.69) is 15.1 Å². The maximum atomic E-state index is 5.87. The minimum Gasteiger partial charge on any atom is -0.364 e.